The number of hydrogen-bond acceptors (Lipinski definition) is 5. The normalized spacial score (nSPS) is 15.2. The van der Waals surface area contributed by atoms with Crippen LogP contribution >= 0.6 is 0 Å². The molecule has 7 nitrogen and oxygen atoms in total. The first kappa shape index (κ1) is 23.7. The molecule has 1 unspecified atom stereocenters. The van der Waals surface area contributed by atoms with Gasteiger partial charge in [0.1, 0.15) is 11.6 Å². The van der Waals surface area contributed by atoms with Gasteiger partial charge in [0.2, 0.25) is 5.91 Å². The number of ether oxygens (including phenoxy) is 2. The lowest BCUT2D eigenvalue weighted by Crippen LogP contribution is -2.45. The average molecular weight is 444 g/mol. The Bertz CT molecular complexity index is 881. The van der Waals surface area contributed by atoms with E-state index in [0.717, 1.165) is 18.7 Å². The zero-order valence-corrected chi connectivity index (χ0v) is 18.5. The highest BCUT2D eigenvalue weighted by Crippen LogP contribution is 2.21. The Morgan fingerprint density at radius 2 is 1.69 bits per heavy atom. The third kappa shape index (κ3) is 7.03. The molecule has 1 fully saturated rings. The van der Waals surface area contributed by atoms with E-state index in [1.165, 1.54) is 12.1 Å². The molecule has 2 N–H and O–H groups in total. The molecule has 0 aromatic heterocycles. The van der Waals surface area contributed by atoms with Crippen molar-refractivity contribution in [3.8, 4) is 5.75 Å². The van der Waals surface area contributed by atoms with Crippen LogP contribution in [0.4, 0.5) is 4.39 Å². The maximum absolute atomic E-state index is 13.3. The monoisotopic (exact) mass is 443 g/mol. The summed E-state index contributed by atoms with van der Waals surface area (Å²) in [6, 6.07) is 13.0. The number of rotatable bonds is 9. The van der Waals surface area contributed by atoms with Gasteiger partial charge in [-0.05, 0) is 55.8 Å². The SMILES string of the molecule is CC(C)Oc1ccc(C(=O)NCC(=O)NCC(c2ccc(F)cc2)N2CCOCC2)cc1. The van der Waals surface area contributed by atoms with Crippen molar-refractivity contribution in [2.24, 2.45) is 0 Å². The highest BCUT2D eigenvalue weighted by Gasteiger charge is 2.23. The van der Waals surface area contributed by atoms with Gasteiger partial charge in [0, 0.05) is 25.2 Å². The van der Waals surface area contributed by atoms with E-state index in [-0.39, 0.29) is 36.3 Å². The zero-order chi connectivity index (χ0) is 22.9. The lowest BCUT2D eigenvalue weighted by molar-refractivity contribution is -0.120. The van der Waals surface area contributed by atoms with Crippen LogP contribution in [0.25, 0.3) is 0 Å². The highest BCUT2D eigenvalue weighted by molar-refractivity contribution is 5.96. The number of amides is 2. The molecule has 32 heavy (non-hydrogen) atoms. The number of nitrogens with one attached hydrogen (secondary N) is 2. The fourth-order valence-corrected chi connectivity index (χ4v) is 3.52. The van der Waals surface area contributed by atoms with Crippen LogP contribution in [0.3, 0.4) is 0 Å². The van der Waals surface area contributed by atoms with Crippen molar-refractivity contribution in [2.75, 3.05) is 39.4 Å². The zero-order valence-electron chi connectivity index (χ0n) is 18.5. The van der Waals surface area contributed by atoms with E-state index in [0.29, 0.717) is 31.1 Å². The molecule has 0 aliphatic carbocycles. The van der Waals surface area contributed by atoms with Crippen LogP contribution in [-0.2, 0) is 9.53 Å². The summed E-state index contributed by atoms with van der Waals surface area (Å²) in [6.07, 6.45) is 0.0505. The van der Waals surface area contributed by atoms with Gasteiger partial charge in [0.05, 0.1) is 31.9 Å². The van der Waals surface area contributed by atoms with Crippen LogP contribution in [0, 0.1) is 5.82 Å². The van der Waals surface area contributed by atoms with Crippen LogP contribution < -0.4 is 15.4 Å². The molecule has 8 heteroatoms. The Kier molecular flexibility index (Phi) is 8.58. The smallest absolute Gasteiger partial charge is 0.251 e. The number of carbonyl (C=O) groups is 2. The van der Waals surface area contributed by atoms with Gasteiger partial charge in [-0.1, -0.05) is 12.1 Å². The van der Waals surface area contributed by atoms with E-state index in [1.807, 2.05) is 13.8 Å². The first-order valence-electron chi connectivity index (χ1n) is 10.8. The molecule has 0 radical (unpaired) electrons. The van der Waals surface area contributed by atoms with Gasteiger partial charge in [0.15, 0.2) is 0 Å². The second-order valence-corrected chi connectivity index (χ2v) is 7.89. The predicted molar refractivity (Wildman–Crippen MR) is 119 cm³/mol. The van der Waals surface area contributed by atoms with Gasteiger partial charge in [0.25, 0.3) is 5.91 Å². The quantitative estimate of drug-likeness (QED) is 0.623. The maximum Gasteiger partial charge on any atom is 0.251 e. The van der Waals surface area contributed by atoms with Crippen molar-refractivity contribution in [2.45, 2.75) is 26.0 Å². The van der Waals surface area contributed by atoms with Crippen LogP contribution in [0.15, 0.2) is 48.5 Å². The van der Waals surface area contributed by atoms with Gasteiger partial charge >= 0.3 is 0 Å². The first-order valence-corrected chi connectivity index (χ1v) is 10.8. The summed E-state index contributed by atoms with van der Waals surface area (Å²) in [4.78, 5) is 26.9. The van der Waals surface area contributed by atoms with Crippen LogP contribution in [0.5, 0.6) is 5.75 Å². The van der Waals surface area contributed by atoms with Crippen LogP contribution in [-0.4, -0.2) is 62.2 Å². The average Bonchev–Trinajstić information content (AvgIpc) is 2.79. The molecule has 1 aliphatic rings. The van der Waals surface area contributed by atoms with Crippen molar-refractivity contribution in [3.05, 3.63) is 65.5 Å². The summed E-state index contributed by atoms with van der Waals surface area (Å²) in [5, 5.41) is 5.52. The van der Waals surface area contributed by atoms with Crippen molar-refractivity contribution in [1.82, 2.24) is 15.5 Å². The number of hydrogen-bond donors (Lipinski definition) is 2. The third-order valence-corrected chi connectivity index (χ3v) is 5.13. The summed E-state index contributed by atoms with van der Waals surface area (Å²) < 4.78 is 24.3. The minimum Gasteiger partial charge on any atom is -0.491 e. The van der Waals surface area contributed by atoms with Gasteiger partial charge in [-0.25, -0.2) is 4.39 Å². The summed E-state index contributed by atoms with van der Waals surface area (Å²) >= 11 is 0. The van der Waals surface area contributed by atoms with Gasteiger partial charge < -0.3 is 20.1 Å². The molecule has 2 aromatic rings. The fourth-order valence-electron chi connectivity index (χ4n) is 3.52. The second kappa shape index (κ2) is 11.6. The number of benzene rings is 2. The molecule has 2 amide bonds. The van der Waals surface area contributed by atoms with E-state index in [4.69, 9.17) is 9.47 Å². The topological polar surface area (TPSA) is 79.9 Å². The Morgan fingerprint density at radius 3 is 2.31 bits per heavy atom. The molecule has 1 saturated heterocycles. The molecule has 1 heterocycles. The second-order valence-electron chi connectivity index (χ2n) is 7.89. The molecule has 0 spiro atoms. The Hall–Kier alpha value is -2.97. The first-order chi connectivity index (χ1) is 15.4. The Labute approximate surface area is 187 Å². The van der Waals surface area contributed by atoms with E-state index in [2.05, 4.69) is 15.5 Å². The minimum atomic E-state index is -0.334. The van der Waals surface area contributed by atoms with Gasteiger partial charge in [-0.3, -0.25) is 14.5 Å². The number of halogens is 1. The standard InChI is InChI=1S/C24H30FN3O4/c1-17(2)32-21-9-5-19(6-10-21)24(30)27-16-23(29)26-15-22(28-11-13-31-14-12-28)18-3-7-20(25)8-4-18/h3-10,17,22H,11-16H2,1-2H3,(H,26,29)(H,27,30). The van der Waals surface area contributed by atoms with Crippen molar-refractivity contribution >= 4 is 11.8 Å². The number of carbonyl (C=O) groups excluding carboxylic acids is 2. The van der Waals surface area contributed by atoms with E-state index >= 15 is 0 Å². The molecule has 1 aliphatic heterocycles. The number of morpholine rings is 1. The fraction of sp³-hybridized carbons (Fsp3) is 0.417. The predicted octanol–water partition coefficient (Wildman–Crippen LogP) is 2.53. The minimum absolute atomic E-state index is 0.0505. The maximum atomic E-state index is 13.3. The van der Waals surface area contributed by atoms with Crippen molar-refractivity contribution < 1.29 is 23.5 Å². The summed E-state index contributed by atoms with van der Waals surface area (Å²) in [5.41, 5.74) is 1.37. The van der Waals surface area contributed by atoms with E-state index in [1.54, 1.807) is 36.4 Å². The van der Waals surface area contributed by atoms with E-state index < -0.39 is 0 Å². The highest BCUT2D eigenvalue weighted by atomic mass is 19.1. The summed E-state index contributed by atoms with van der Waals surface area (Å²) in [7, 11) is 0. The lowest BCUT2D eigenvalue weighted by atomic mass is 10.0. The summed E-state index contributed by atoms with van der Waals surface area (Å²) in [5.74, 6) is -0.243. The Balaban J connectivity index is 1.52. The molecule has 1 atom stereocenters. The Morgan fingerprint density at radius 1 is 1.03 bits per heavy atom. The molecule has 0 saturated carbocycles. The van der Waals surface area contributed by atoms with Gasteiger partial charge in [-0.2, -0.15) is 0 Å². The number of nitrogens with zero attached hydrogens (tertiary/aromatic N) is 1. The molecule has 172 valence electrons. The van der Waals surface area contributed by atoms with Gasteiger partial charge in [-0.15, -0.1) is 0 Å². The molecule has 2 aromatic carbocycles. The molecular weight excluding hydrogens is 413 g/mol. The lowest BCUT2D eigenvalue weighted by Gasteiger charge is -2.35. The van der Waals surface area contributed by atoms with E-state index in [9.17, 15) is 14.0 Å². The molecule has 3 rings (SSSR count). The molecular formula is C24H30FN3O4. The van der Waals surface area contributed by atoms with Crippen LogP contribution in [0.2, 0.25) is 0 Å². The van der Waals surface area contributed by atoms with Crippen molar-refractivity contribution in [1.29, 1.82) is 0 Å². The third-order valence-electron chi connectivity index (χ3n) is 5.13. The van der Waals surface area contributed by atoms with Crippen LogP contribution in [0.1, 0.15) is 35.8 Å². The largest absolute Gasteiger partial charge is 0.491 e. The summed E-state index contributed by atoms with van der Waals surface area (Å²) in [6.45, 7) is 6.75. The van der Waals surface area contributed by atoms with Crippen molar-refractivity contribution in [3.63, 3.8) is 0 Å². The molecule has 0 bridgehead atoms.